The summed E-state index contributed by atoms with van der Waals surface area (Å²) < 4.78 is 11.7. The Kier molecular flexibility index (Phi) is 15.7. The van der Waals surface area contributed by atoms with Crippen LogP contribution in [0.4, 0.5) is 11.4 Å². The number of carbonyl (C=O) groups excluding carboxylic acids is 3. The molecule has 3 aromatic carbocycles. The molecule has 0 spiro atoms. The molecule has 0 atom stereocenters. The SMILES string of the molecule is CN1CCN(C(=O)CCCOc2ccccc2N(C)C(=O)c2ccc(NC(=O)c3ccccc3OCCCN)cc2)CC1.Cl.Cl. The highest BCUT2D eigenvalue weighted by Gasteiger charge is 2.20. The maximum atomic E-state index is 13.3. The number of nitrogens with two attached hydrogens (primary N) is 1. The van der Waals surface area contributed by atoms with Crippen molar-refractivity contribution < 1.29 is 23.9 Å². The molecular weight excluding hydrogens is 617 g/mol. The first kappa shape index (κ1) is 37.4. The van der Waals surface area contributed by atoms with E-state index in [1.165, 1.54) is 4.90 Å². The average molecular weight is 661 g/mol. The third-order valence-electron chi connectivity index (χ3n) is 7.31. The van der Waals surface area contributed by atoms with Crippen molar-refractivity contribution in [3.8, 4) is 11.5 Å². The van der Waals surface area contributed by atoms with Crippen LogP contribution in [-0.4, -0.2) is 87.6 Å². The van der Waals surface area contributed by atoms with Crippen molar-refractivity contribution in [3.63, 3.8) is 0 Å². The monoisotopic (exact) mass is 659 g/mol. The molecule has 1 heterocycles. The Morgan fingerprint density at radius 3 is 2.11 bits per heavy atom. The van der Waals surface area contributed by atoms with Crippen LogP contribution in [0.5, 0.6) is 11.5 Å². The molecule has 0 unspecified atom stereocenters. The van der Waals surface area contributed by atoms with Crippen molar-refractivity contribution in [2.45, 2.75) is 19.3 Å². The number of likely N-dealkylation sites (N-methyl/N-ethyl adjacent to an activating group) is 1. The number of carbonyl (C=O) groups is 3. The van der Waals surface area contributed by atoms with Crippen LogP contribution in [-0.2, 0) is 4.79 Å². The van der Waals surface area contributed by atoms with Crippen LogP contribution in [0.3, 0.4) is 0 Å². The van der Waals surface area contributed by atoms with E-state index in [4.69, 9.17) is 15.2 Å². The number of hydrogen-bond acceptors (Lipinski definition) is 7. The molecule has 3 N–H and O–H groups in total. The van der Waals surface area contributed by atoms with Gasteiger partial charge in [-0.05, 0) is 75.0 Å². The topological polar surface area (TPSA) is 117 Å². The highest BCUT2D eigenvalue weighted by molar-refractivity contribution is 6.08. The number of hydrogen-bond donors (Lipinski definition) is 2. The van der Waals surface area contributed by atoms with Crippen molar-refractivity contribution in [2.75, 3.05) is 70.2 Å². The summed E-state index contributed by atoms with van der Waals surface area (Å²) in [5.74, 6) is 0.677. The van der Waals surface area contributed by atoms with E-state index in [2.05, 4.69) is 17.3 Å². The molecule has 0 bridgehead atoms. The number of amides is 3. The molecule has 12 heteroatoms. The molecule has 1 aliphatic rings. The van der Waals surface area contributed by atoms with Gasteiger partial charge in [-0.2, -0.15) is 0 Å². The minimum Gasteiger partial charge on any atom is -0.493 e. The van der Waals surface area contributed by atoms with E-state index < -0.39 is 0 Å². The molecule has 10 nitrogen and oxygen atoms in total. The summed E-state index contributed by atoms with van der Waals surface area (Å²) in [6, 6.07) is 21.1. The fraction of sp³-hybridized carbons (Fsp3) is 0.364. The Morgan fingerprint density at radius 2 is 1.42 bits per heavy atom. The molecule has 0 aliphatic carbocycles. The number of benzene rings is 3. The minimum absolute atomic E-state index is 0. The van der Waals surface area contributed by atoms with E-state index in [1.54, 1.807) is 49.5 Å². The summed E-state index contributed by atoms with van der Waals surface area (Å²) in [6.45, 7) is 4.62. The molecule has 1 saturated heterocycles. The molecule has 3 aromatic rings. The van der Waals surface area contributed by atoms with E-state index in [0.29, 0.717) is 73.0 Å². The van der Waals surface area contributed by atoms with Gasteiger partial charge >= 0.3 is 0 Å². The number of rotatable bonds is 13. The van der Waals surface area contributed by atoms with Gasteiger partial charge in [0.05, 0.1) is 24.5 Å². The van der Waals surface area contributed by atoms with Gasteiger partial charge in [-0.3, -0.25) is 14.4 Å². The van der Waals surface area contributed by atoms with Gasteiger partial charge in [-0.15, -0.1) is 24.8 Å². The van der Waals surface area contributed by atoms with Crippen molar-refractivity contribution in [3.05, 3.63) is 83.9 Å². The van der Waals surface area contributed by atoms with Gasteiger partial charge in [0.2, 0.25) is 5.91 Å². The first-order valence-corrected chi connectivity index (χ1v) is 14.7. The first-order chi connectivity index (χ1) is 20.9. The second kappa shape index (κ2) is 18.9. The highest BCUT2D eigenvalue weighted by atomic mass is 35.5. The number of piperazine rings is 1. The van der Waals surface area contributed by atoms with Crippen molar-refractivity contribution in [1.82, 2.24) is 9.80 Å². The number of para-hydroxylation sites is 3. The quantitative estimate of drug-likeness (QED) is 0.255. The van der Waals surface area contributed by atoms with Crippen LogP contribution in [0.1, 0.15) is 40.0 Å². The second-order valence-corrected chi connectivity index (χ2v) is 10.5. The van der Waals surface area contributed by atoms with E-state index in [9.17, 15) is 14.4 Å². The predicted octanol–water partition coefficient (Wildman–Crippen LogP) is 4.72. The maximum Gasteiger partial charge on any atom is 0.259 e. The maximum absolute atomic E-state index is 13.3. The Balaban J connectivity index is 0.00000353. The Bertz CT molecular complexity index is 1380. The van der Waals surface area contributed by atoms with E-state index in [-0.39, 0.29) is 42.5 Å². The predicted molar refractivity (Wildman–Crippen MR) is 182 cm³/mol. The molecule has 45 heavy (non-hydrogen) atoms. The summed E-state index contributed by atoms with van der Waals surface area (Å²) in [6.07, 6.45) is 1.71. The zero-order valence-corrected chi connectivity index (χ0v) is 27.4. The zero-order valence-electron chi connectivity index (χ0n) is 25.8. The first-order valence-electron chi connectivity index (χ1n) is 14.7. The molecule has 0 saturated carbocycles. The van der Waals surface area contributed by atoms with Gasteiger partial charge in [0.1, 0.15) is 11.5 Å². The largest absolute Gasteiger partial charge is 0.493 e. The van der Waals surface area contributed by atoms with Crippen LogP contribution in [0, 0.1) is 0 Å². The standard InChI is InChI=1S/C33H41N5O5.2ClH/c1-36-19-21-38(22-20-36)31(39)13-7-23-43-30-12-6-4-10-28(30)37(2)33(41)25-14-16-26(17-15-25)35-32(40)27-9-3-5-11-29(27)42-24-8-18-34;;/h3-6,9-12,14-17H,7-8,13,18-24,34H2,1-2H3,(H,35,40);2*1H. The Morgan fingerprint density at radius 1 is 0.822 bits per heavy atom. The number of anilines is 2. The average Bonchev–Trinajstić information content (AvgIpc) is 3.03. The number of nitrogens with zero attached hydrogens (tertiary/aromatic N) is 3. The van der Waals surface area contributed by atoms with Crippen molar-refractivity contribution in [1.29, 1.82) is 0 Å². The van der Waals surface area contributed by atoms with Crippen LogP contribution in [0.25, 0.3) is 0 Å². The lowest BCUT2D eigenvalue weighted by atomic mass is 10.1. The van der Waals surface area contributed by atoms with Crippen molar-refractivity contribution in [2.24, 2.45) is 5.73 Å². The minimum atomic E-state index is -0.309. The molecule has 1 fully saturated rings. The molecule has 4 rings (SSSR count). The normalized spacial score (nSPS) is 12.7. The fourth-order valence-corrected chi connectivity index (χ4v) is 4.72. The number of ether oxygens (including phenoxy) is 2. The van der Waals surface area contributed by atoms with Crippen LogP contribution in [0.15, 0.2) is 72.8 Å². The van der Waals surface area contributed by atoms with Crippen LogP contribution in [0.2, 0.25) is 0 Å². The van der Waals surface area contributed by atoms with Crippen LogP contribution >= 0.6 is 24.8 Å². The highest BCUT2D eigenvalue weighted by Crippen LogP contribution is 2.29. The third kappa shape index (κ3) is 10.6. The number of halogens is 2. The number of nitrogens with one attached hydrogen (secondary N) is 1. The summed E-state index contributed by atoms with van der Waals surface area (Å²) in [4.78, 5) is 44.5. The fourth-order valence-electron chi connectivity index (χ4n) is 4.72. The van der Waals surface area contributed by atoms with Gasteiger partial charge in [-0.25, -0.2) is 0 Å². The summed E-state index contributed by atoms with van der Waals surface area (Å²) in [5.41, 5.74) is 7.59. The van der Waals surface area contributed by atoms with Gasteiger partial charge in [0.25, 0.3) is 11.8 Å². The lowest BCUT2D eigenvalue weighted by Crippen LogP contribution is -2.47. The lowest BCUT2D eigenvalue weighted by molar-refractivity contribution is -0.133. The Labute approximate surface area is 277 Å². The van der Waals surface area contributed by atoms with Crippen molar-refractivity contribution >= 4 is 53.9 Å². The van der Waals surface area contributed by atoms with E-state index >= 15 is 0 Å². The summed E-state index contributed by atoms with van der Waals surface area (Å²) in [5, 5.41) is 2.87. The van der Waals surface area contributed by atoms with Gasteiger partial charge in [0.15, 0.2) is 0 Å². The molecule has 244 valence electrons. The summed E-state index contributed by atoms with van der Waals surface area (Å²) >= 11 is 0. The smallest absolute Gasteiger partial charge is 0.259 e. The van der Waals surface area contributed by atoms with E-state index in [1.807, 2.05) is 35.2 Å². The lowest BCUT2D eigenvalue weighted by Gasteiger charge is -2.32. The molecule has 1 aliphatic heterocycles. The molecular formula is C33H43Cl2N5O5. The molecule has 3 amide bonds. The summed E-state index contributed by atoms with van der Waals surface area (Å²) in [7, 11) is 3.76. The zero-order chi connectivity index (χ0) is 30.6. The van der Waals surface area contributed by atoms with Gasteiger partial charge < -0.3 is 35.2 Å². The molecule has 0 aromatic heterocycles. The second-order valence-electron chi connectivity index (χ2n) is 10.5. The third-order valence-corrected chi connectivity index (χ3v) is 7.31. The Hall–Kier alpha value is -3.83. The van der Waals surface area contributed by atoms with Gasteiger partial charge in [0, 0.05) is 50.9 Å². The van der Waals surface area contributed by atoms with Crippen LogP contribution < -0.4 is 25.4 Å². The molecule has 0 radical (unpaired) electrons. The van der Waals surface area contributed by atoms with Gasteiger partial charge in [-0.1, -0.05) is 24.3 Å². The van der Waals surface area contributed by atoms with E-state index in [0.717, 1.165) is 26.2 Å².